The molecule has 0 saturated carbocycles. The molecule has 3 heterocycles. The van der Waals surface area contributed by atoms with E-state index in [1.165, 1.54) is 47.2 Å². The van der Waals surface area contributed by atoms with Crippen LogP contribution in [-0.2, 0) is 0 Å². The Bertz CT molecular complexity index is 1130. The summed E-state index contributed by atoms with van der Waals surface area (Å²) in [5, 5.41) is 19.0. The van der Waals surface area contributed by atoms with Gasteiger partial charge in [-0.15, -0.1) is 10.2 Å². The Labute approximate surface area is 145 Å². The molecule has 0 N–H and O–H groups in total. The van der Waals surface area contributed by atoms with Crippen LogP contribution in [0.2, 0.25) is 0 Å². The average molecular weight is 351 g/mol. The van der Waals surface area contributed by atoms with Crippen molar-refractivity contribution in [2.45, 2.75) is 0 Å². The molecule has 0 aliphatic carbocycles. The molecule has 0 unspecified atom stereocenters. The fourth-order valence-corrected chi connectivity index (χ4v) is 2.45. The third-order valence-electron chi connectivity index (χ3n) is 3.61. The molecule has 9 heteroatoms. The maximum Gasteiger partial charge on any atom is 0.271 e. The summed E-state index contributed by atoms with van der Waals surface area (Å²) in [5.41, 5.74) is 1.04. The minimum Gasteiger partial charge on any atom is -0.463 e. The standard InChI is InChI=1S/C17H10FN5O3/c18-11-6-7-15-19-16(14-5-2-8-26-14)17(22(15)10-11)21-20-12-3-1-4-13(9-12)23(24)25/h1-10H. The van der Waals surface area contributed by atoms with E-state index in [0.29, 0.717) is 17.1 Å². The highest BCUT2D eigenvalue weighted by molar-refractivity contribution is 5.71. The molecule has 4 aromatic rings. The van der Waals surface area contributed by atoms with Crippen molar-refractivity contribution in [1.29, 1.82) is 0 Å². The van der Waals surface area contributed by atoms with E-state index >= 15 is 0 Å². The fourth-order valence-electron chi connectivity index (χ4n) is 2.45. The lowest BCUT2D eigenvalue weighted by atomic mass is 10.3. The van der Waals surface area contributed by atoms with Crippen LogP contribution in [0, 0.1) is 15.9 Å². The van der Waals surface area contributed by atoms with Gasteiger partial charge in [-0.25, -0.2) is 9.37 Å². The van der Waals surface area contributed by atoms with E-state index in [4.69, 9.17) is 4.42 Å². The summed E-state index contributed by atoms with van der Waals surface area (Å²) < 4.78 is 20.5. The summed E-state index contributed by atoms with van der Waals surface area (Å²) in [6, 6.07) is 11.9. The molecule has 0 saturated heterocycles. The van der Waals surface area contributed by atoms with Crippen molar-refractivity contribution in [3.05, 3.63) is 76.9 Å². The van der Waals surface area contributed by atoms with Gasteiger partial charge >= 0.3 is 0 Å². The number of hydrogen-bond donors (Lipinski definition) is 0. The van der Waals surface area contributed by atoms with E-state index < -0.39 is 10.7 Å². The normalized spacial score (nSPS) is 11.4. The molecule has 0 spiro atoms. The Morgan fingerprint density at radius 2 is 2.04 bits per heavy atom. The second-order valence-electron chi connectivity index (χ2n) is 5.31. The predicted molar refractivity (Wildman–Crippen MR) is 90.1 cm³/mol. The van der Waals surface area contributed by atoms with Gasteiger partial charge in [0.1, 0.15) is 11.5 Å². The molecule has 8 nitrogen and oxygen atoms in total. The number of benzene rings is 1. The number of nitrogens with zero attached hydrogens (tertiary/aromatic N) is 5. The van der Waals surface area contributed by atoms with Gasteiger partial charge in [0, 0.05) is 18.3 Å². The van der Waals surface area contributed by atoms with Crippen LogP contribution in [-0.4, -0.2) is 14.3 Å². The zero-order valence-electron chi connectivity index (χ0n) is 13.1. The van der Waals surface area contributed by atoms with E-state index in [1.54, 1.807) is 18.2 Å². The molecule has 0 radical (unpaired) electrons. The van der Waals surface area contributed by atoms with Crippen LogP contribution >= 0.6 is 0 Å². The molecule has 26 heavy (non-hydrogen) atoms. The number of azo groups is 1. The number of imidazole rings is 1. The Kier molecular flexibility index (Phi) is 3.73. The molecular weight excluding hydrogens is 341 g/mol. The van der Waals surface area contributed by atoms with Crippen LogP contribution in [0.4, 0.5) is 21.6 Å². The number of nitro benzene ring substituents is 1. The fraction of sp³-hybridized carbons (Fsp3) is 0. The molecule has 4 rings (SSSR count). The van der Waals surface area contributed by atoms with Crippen molar-refractivity contribution in [3.8, 4) is 11.5 Å². The topological polar surface area (TPSA) is 98.3 Å². The van der Waals surface area contributed by atoms with E-state index in [1.807, 2.05) is 0 Å². The third kappa shape index (κ3) is 2.81. The van der Waals surface area contributed by atoms with Crippen LogP contribution in [0.1, 0.15) is 0 Å². The van der Waals surface area contributed by atoms with Crippen molar-refractivity contribution in [1.82, 2.24) is 9.38 Å². The number of aromatic nitrogens is 2. The first-order valence-corrected chi connectivity index (χ1v) is 7.49. The molecule has 3 aromatic heterocycles. The second kappa shape index (κ2) is 6.20. The molecular formula is C17H10FN5O3. The first-order valence-electron chi connectivity index (χ1n) is 7.49. The van der Waals surface area contributed by atoms with Crippen LogP contribution in [0.15, 0.2) is 75.6 Å². The Morgan fingerprint density at radius 3 is 2.81 bits per heavy atom. The number of rotatable bonds is 4. The highest BCUT2D eigenvalue weighted by Crippen LogP contribution is 2.33. The van der Waals surface area contributed by atoms with Crippen LogP contribution < -0.4 is 0 Å². The monoisotopic (exact) mass is 351 g/mol. The van der Waals surface area contributed by atoms with Crippen molar-refractivity contribution in [2.24, 2.45) is 10.2 Å². The largest absolute Gasteiger partial charge is 0.463 e. The van der Waals surface area contributed by atoms with Crippen LogP contribution in [0.3, 0.4) is 0 Å². The molecule has 0 bridgehead atoms. The van der Waals surface area contributed by atoms with Crippen molar-refractivity contribution >= 4 is 22.8 Å². The van der Waals surface area contributed by atoms with Crippen molar-refractivity contribution < 1.29 is 13.7 Å². The van der Waals surface area contributed by atoms with Gasteiger partial charge in [0.05, 0.1) is 16.9 Å². The predicted octanol–water partition coefficient (Wildman–Crippen LogP) is 5.06. The lowest BCUT2D eigenvalue weighted by Crippen LogP contribution is -1.86. The number of nitro groups is 1. The Morgan fingerprint density at radius 1 is 1.15 bits per heavy atom. The van der Waals surface area contributed by atoms with Gasteiger partial charge in [-0.3, -0.25) is 14.5 Å². The van der Waals surface area contributed by atoms with Gasteiger partial charge in [0.15, 0.2) is 17.3 Å². The van der Waals surface area contributed by atoms with Gasteiger partial charge < -0.3 is 4.42 Å². The summed E-state index contributed by atoms with van der Waals surface area (Å²) in [7, 11) is 0. The van der Waals surface area contributed by atoms with Crippen molar-refractivity contribution in [2.75, 3.05) is 0 Å². The third-order valence-corrected chi connectivity index (χ3v) is 3.61. The minimum atomic E-state index is -0.517. The zero-order chi connectivity index (χ0) is 18.1. The lowest BCUT2D eigenvalue weighted by molar-refractivity contribution is -0.384. The Balaban J connectivity index is 1.84. The minimum absolute atomic E-state index is 0.100. The van der Waals surface area contributed by atoms with E-state index in [9.17, 15) is 14.5 Å². The molecule has 0 amide bonds. The summed E-state index contributed by atoms with van der Waals surface area (Å²) >= 11 is 0. The van der Waals surface area contributed by atoms with Crippen LogP contribution in [0.5, 0.6) is 0 Å². The van der Waals surface area contributed by atoms with Gasteiger partial charge in [-0.2, -0.15) is 0 Å². The second-order valence-corrected chi connectivity index (χ2v) is 5.31. The SMILES string of the molecule is O=[N+]([O-])c1cccc(N=Nc2c(-c3ccco3)nc3ccc(F)cn23)c1. The summed E-state index contributed by atoms with van der Waals surface area (Å²) in [4.78, 5) is 14.8. The maximum absolute atomic E-state index is 13.7. The number of hydrogen-bond acceptors (Lipinski definition) is 6. The summed E-state index contributed by atoms with van der Waals surface area (Å²) in [5.74, 6) is 0.232. The summed E-state index contributed by atoms with van der Waals surface area (Å²) in [6.45, 7) is 0. The maximum atomic E-state index is 13.7. The van der Waals surface area contributed by atoms with E-state index in [2.05, 4.69) is 15.2 Å². The van der Waals surface area contributed by atoms with Gasteiger partial charge in [0.25, 0.3) is 5.69 Å². The zero-order valence-corrected chi connectivity index (χ0v) is 13.1. The molecule has 0 aliphatic rings. The number of pyridine rings is 1. The first-order chi connectivity index (χ1) is 12.6. The van der Waals surface area contributed by atoms with Crippen LogP contribution in [0.25, 0.3) is 17.1 Å². The Hall–Kier alpha value is -3.88. The van der Waals surface area contributed by atoms with Crippen molar-refractivity contribution in [3.63, 3.8) is 0 Å². The van der Waals surface area contributed by atoms with Gasteiger partial charge in [0.2, 0.25) is 0 Å². The molecule has 1 aromatic carbocycles. The summed E-state index contributed by atoms with van der Waals surface area (Å²) in [6.07, 6.45) is 2.72. The number of non-ortho nitro benzene ring substituents is 1. The quantitative estimate of drug-likeness (QED) is 0.291. The van der Waals surface area contributed by atoms with Gasteiger partial charge in [-0.1, -0.05) is 6.07 Å². The molecule has 0 aliphatic heterocycles. The number of halogens is 1. The van der Waals surface area contributed by atoms with E-state index in [-0.39, 0.29) is 17.2 Å². The van der Waals surface area contributed by atoms with E-state index in [0.717, 1.165) is 0 Å². The number of furan rings is 1. The molecule has 0 fully saturated rings. The smallest absolute Gasteiger partial charge is 0.271 e. The molecule has 0 atom stereocenters. The first kappa shape index (κ1) is 15.6. The molecule has 128 valence electrons. The lowest BCUT2D eigenvalue weighted by Gasteiger charge is -1.98. The average Bonchev–Trinajstić information content (AvgIpc) is 3.27. The highest BCUT2D eigenvalue weighted by atomic mass is 19.1. The van der Waals surface area contributed by atoms with Gasteiger partial charge in [-0.05, 0) is 30.3 Å². The highest BCUT2D eigenvalue weighted by Gasteiger charge is 2.17. The number of fused-ring (bicyclic) bond motifs is 1.